The van der Waals surface area contributed by atoms with E-state index >= 15 is 0 Å². The number of benzene rings is 2. The van der Waals surface area contributed by atoms with E-state index in [0.717, 1.165) is 19.8 Å². The number of hydrazone groups is 1. The molecule has 0 saturated heterocycles. The van der Waals surface area contributed by atoms with E-state index in [1.165, 1.54) is 11.3 Å². The number of thiazole rings is 1. The van der Waals surface area contributed by atoms with Gasteiger partial charge in [0.05, 0.1) is 16.4 Å². The molecule has 0 aliphatic carbocycles. The largest absolute Gasteiger partial charge is 0.507 e. The first-order valence-corrected chi connectivity index (χ1v) is 7.46. The Labute approximate surface area is 127 Å². The third-order valence-electron chi connectivity index (χ3n) is 2.65. The number of aromatic hydroxyl groups is 1. The van der Waals surface area contributed by atoms with E-state index in [1.807, 2.05) is 24.3 Å². The van der Waals surface area contributed by atoms with Gasteiger partial charge in [-0.05, 0) is 30.3 Å². The first-order chi connectivity index (χ1) is 9.72. The number of halogens is 1. The van der Waals surface area contributed by atoms with Crippen LogP contribution in [-0.4, -0.2) is 16.3 Å². The predicted molar refractivity (Wildman–Crippen MR) is 86.6 cm³/mol. The van der Waals surface area contributed by atoms with E-state index in [2.05, 4.69) is 31.4 Å². The Balaban J connectivity index is 1.78. The predicted octanol–water partition coefficient (Wildman–Crippen LogP) is 4.21. The van der Waals surface area contributed by atoms with Gasteiger partial charge in [0, 0.05) is 10.0 Å². The van der Waals surface area contributed by atoms with Gasteiger partial charge in [0.25, 0.3) is 0 Å². The molecule has 0 radical (unpaired) electrons. The summed E-state index contributed by atoms with van der Waals surface area (Å²) in [5.74, 6) is 0.183. The van der Waals surface area contributed by atoms with Gasteiger partial charge in [0.2, 0.25) is 5.13 Å². The van der Waals surface area contributed by atoms with Gasteiger partial charge in [-0.2, -0.15) is 5.10 Å². The molecule has 0 aliphatic heterocycles. The molecular formula is C14H10BrN3OS. The second kappa shape index (κ2) is 5.60. The number of nitrogens with one attached hydrogen (secondary N) is 1. The van der Waals surface area contributed by atoms with Gasteiger partial charge >= 0.3 is 0 Å². The average Bonchev–Trinajstić information content (AvgIpc) is 2.85. The fourth-order valence-corrected chi connectivity index (χ4v) is 2.90. The van der Waals surface area contributed by atoms with Gasteiger partial charge in [0.1, 0.15) is 5.75 Å². The molecule has 6 heteroatoms. The minimum Gasteiger partial charge on any atom is -0.507 e. The minimum absolute atomic E-state index is 0.183. The molecule has 0 aliphatic rings. The van der Waals surface area contributed by atoms with Crippen molar-refractivity contribution < 1.29 is 5.11 Å². The van der Waals surface area contributed by atoms with Crippen molar-refractivity contribution in [2.45, 2.75) is 0 Å². The highest BCUT2D eigenvalue weighted by atomic mass is 79.9. The molecular weight excluding hydrogens is 338 g/mol. The number of nitrogens with zero attached hydrogens (tertiary/aromatic N) is 2. The number of hydrogen-bond donors (Lipinski definition) is 2. The Hall–Kier alpha value is -1.92. The van der Waals surface area contributed by atoms with Gasteiger partial charge < -0.3 is 5.11 Å². The maximum Gasteiger partial charge on any atom is 0.204 e. The molecule has 0 unspecified atom stereocenters. The molecule has 3 rings (SSSR count). The number of fused-ring (bicyclic) bond motifs is 1. The Morgan fingerprint density at radius 2 is 2.10 bits per heavy atom. The topological polar surface area (TPSA) is 57.5 Å². The number of anilines is 1. The van der Waals surface area contributed by atoms with Gasteiger partial charge in [-0.3, -0.25) is 5.43 Å². The SMILES string of the molecule is Oc1ccc(Br)cc1C=NNc1nc2ccccc2s1. The summed E-state index contributed by atoms with van der Waals surface area (Å²) in [6.07, 6.45) is 1.56. The molecule has 0 amide bonds. The normalized spacial score (nSPS) is 11.2. The number of hydrogen-bond acceptors (Lipinski definition) is 5. The fraction of sp³-hybridized carbons (Fsp3) is 0. The number of phenolic OH excluding ortho intramolecular Hbond substituents is 1. The Kier molecular flexibility index (Phi) is 3.66. The summed E-state index contributed by atoms with van der Waals surface area (Å²) in [4.78, 5) is 4.41. The van der Waals surface area contributed by atoms with Crippen molar-refractivity contribution in [1.29, 1.82) is 0 Å². The molecule has 0 spiro atoms. The summed E-state index contributed by atoms with van der Waals surface area (Å²) in [5, 5.41) is 14.5. The van der Waals surface area contributed by atoms with Crippen molar-refractivity contribution >= 4 is 48.8 Å². The van der Waals surface area contributed by atoms with Crippen molar-refractivity contribution in [3.05, 3.63) is 52.5 Å². The average molecular weight is 348 g/mol. The summed E-state index contributed by atoms with van der Waals surface area (Å²) in [6.45, 7) is 0. The molecule has 0 saturated carbocycles. The van der Waals surface area contributed by atoms with Crippen LogP contribution in [0.25, 0.3) is 10.2 Å². The van der Waals surface area contributed by atoms with Crippen molar-refractivity contribution in [2.75, 3.05) is 5.43 Å². The maximum atomic E-state index is 9.69. The van der Waals surface area contributed by atoms with Crippen LogP contribution in [0.1, 0.15) is 5.56 Å². The number of phenols is 1. The summed E-state index contributed by atoms with van der Waals surface area (Å²) in [5.41, 5.74) is 4.46. The van der Waals surface area contributed by atoms with E-state index in [9.17, 15) is 5.11 Å². The van der Waals surface area contributed by atoms with Crippen LogP contribution in [0.4, 0.5) is 5.13 Å². The van der Waals surface area contributed by atoms with Crippen LogP contribution in [0, 0.1) is 0 Å². The fourth-order valence-electron chi connectivity index (χ4n) is 1.71. The zero-order valence-electron chi connectivity index (χ0n) is 10.2. The van der Waals surface area contributed by atoms with Crippen molar-refractivity contribution in [3.8, 4) is 5.75 Å². The highest BCUT2D eigenvalue weighted by Gasteiger charge is 2.02. The van der Waals surface area contributed by atoms with E-state index in [-0.39, 0.29) is 5.75 Å². The quantitative estimate of drug-likeness (QED) is 0.551. The van der Waals surface area contributed by atoms with Crippen LogP contribution in [0.15, 0.2) is 52.0 Å². The molecule has 20 heavy (non-hydrogen) atoms. The molecule has 1 heterocycles. The van der Waals surface area contributed by atoms with Crippen molar-refractivity contribution in [2.24, 2.45) is 5.10 Å². The summed E-state index contributed by atoms with van der Waals surface area (Å²) < 4.78 is 1.99. The molecule has 0 bridgehead atoms. The number of rotatable bonds is 3. The van der Waals surface area contributed by atoms with Gasteiger partial charge in [-0.25, -0.2) is 4.98 Å². The second-order valence-corrected chi connectivity index (χ2v) is 6.01. The second-order valence-electron chi connectivity index (χ2n) is 4.06. The molecule has 2 aromatic carbocycles. The summed E-state index contributed by atoms with van der Waals surface area (Å²) in [7, 11) is 0. The zero-order valence-corrected chi connectivity index (χ0v) is 12.6. The molecule has 4 nitrogen and oxygen atoms in total. The molecule has 0 fully saturated rings. The third kappa shape index (κ3) is 2.81. The van der Waals surface area contributed by atoms with Crippen LogP contribution in [0.3, 0.4) is 0 Å². The molecule has 2 N–H and O–H groups in total. The maximum absolute atomic E-state index is 9.69. The van der Waals surface area contributed by atoms with Gasteiger partial charge in [0.15, 0.2) is 0 Å². The number of para-hydroxylation sites is 1. The Morgan fingerprint density at radius 1 is 1.25 bits per heavy atom. The lowest BCUT2D eigenvalue weighted by Crippen LogP contribution is -1.90. The van der Waals surface area contributed by atoms with E-state index in [0.29, 0.717) is 5.56 Å². The van der Waals surface area contributed by atoms with Gasteiger partial charge in [-0.15, -0.1) is 0 Å². The first kappa shape index (κ1) is 13.1. The van der Waals surface area contributed by atoms with Crippen LogP contribution < -0.4 is 5.43 Å². The number of aromatic nitrogens is 1. The lowest BCUT2D eigenvalue weighted by molar-refractivity contribution is 0.474. The Morgan fingerprint density at radius 3 is 2.95 bits per heavy atom. The van der Waals surface area contributed by atoms with Crippen molar-refractivity contribution in [3.63, 3.8) is 0 Å². The van der Waals surface area contributed by atoms with E-state index in [4.69, 9.17) is 0 Å². The highest BCUT2D eigenvalue weighted by molar-refractivity contribution is 9.10. The summed E-state index contributed by atoms with van der Waals surface area (Å²) >= 11 is 4.88. The van der Waals surface area contributed by atoms with E-state index in [1.54, 1.807) is 24.4 Å². The molecule has 3 aromatic rings. The van der Waals surface area contributed by atoms with Crippen molar-refractivity contribution in [1.82, 2.24) is 4.98 Å². The lowest BCUT2D eigenvalue weighted by Gasteiger charge is -1.99. The first-order valence-electron chi connectivity index (χ1n) is 5.85. The van der Waals surface area contributed by atoms with Crippen LogP contribution >= 0.6 is 27.3 Å². The highest BCUT2D eigenvalue weighted by Crippen LogP contribution is 2.25. The minimum atomic E-state index is 0.183. The standard InChI is InChI=1S/C14H10BrN3OS/c15-10-5-6-12(19)9(7-10)8-16-18-14-17-11-3-1-2-4-13(11)20-14/h1-8,19H,(H,17,18). The molecule has 0 atom stereocenters. The monoisotopic (exact) mass is 347 g/mol. The lowest BCUT2D eigenvalue weighted by atomic mass is 10.2. The zero-order chi connectivity index (χ0) is 13.9. The van der Waals surface area contributed by atoms with E-state index < -0.39 is 0 Å². The Bertz CT molecular complexity index is 752. The van der Waals surface area contributed by atoms with Gasteiger partial charge in [-0.1, -0.05) is 39.4 Å². The molecule has 100 valence electrons. The van der Waals surface area contributed by atoms with Crippen LogP contribution in [0.2, 0.25) is 0 Å². The third-order valence-corrected chi connectivity index (χ3v) is 4.08. The summed E-state index contributed by atoms with van der Waals surface area (Å²) in [6, 6.07) is 13.1. The smallest absolute Gasteiger partial charge is 0.204 e. The van der Waals surface area contributed by atoms with Crippen LogP contribution in [-0.2, 0) is 0 Å². The molecule has 1 aromatic heterocycles. The van der Waals surface area contributed by atoms with Crippen LogP contribution in [0.5, 0.6) is 5.75 Å².